The Kier molecular flexibility index (Phi) is 5.43. The fourth-order valence-electron chi connectivity index (χ4n) is 1.72. The largest absolute Gasteiger partial charge is 0.493 e. The van der Waals surface area contributed by atoms with Crippen molar-refractivity contribution in [3.05, 3.63) is 57.8 Å². The second-order valence-corrected chi connectivity index (χ2v) is 5.62. The maximum absolute atomic E-state index is 13.6. The van der Waals surface area contributed by atoms with E-state index in [2.05, 4.69) is 31.9 Å². The third-order valence-corrected chi connectivity index (χ3v) is 3.91. The van der Waals surface area contributed by atoms with Crippen molar-refractivity contribution < 1.29 is 13.9 Å². The Hall–Kier alpha value is -1.07. The van der Waals surface area contributed by atoms with Crippen LogP contribution in [0.2, 0.25) is 0 Å². The Bertz CT molecular complexity index is 602. The molecular weight excluding hydrogens is 391 g/mol. The number of hydrogen-bond acceptors (Lipinski definition) is 2. The summed E-state index contributed by atoms with van der Waals surface area (Å²) in [6.45, 7) is 0.148. The summed E-state index contributed by atoms with van der Waals surface area (Å²) < 4.78 is 25.4. The van der Waals surface area contributed by atoms with E-state index in [9.17, 15) is 4.39 Å². The van der Waals surface area contributed by atoms with Gasteiger partial charge in [-0.25, -0.2) is 4.39 Å². The molecule has 0 heterocycles. The van der Waals surface area contributed by atoms with Gasteiger partial charge in [-0.05, 0) is 35.9 Å². The first-order valence-corrected chi connectivity index (χ1v) is 7.85. The number of halogens is 3. The molecule has 2 rings (SSSR count). The molecule has 0 atom stereocenters. The zero-order valence-electron chi connectivity index (χ0n) is 10.8. The molecule has 5 heteroatoms. The SMILES string of the molecule is COc1cc(CBr)ccc1OCc1cc(Br)ccc1F. The van der Waals surface area contributed by atoms with Gasteiger partial charge < -0.3 is 9.47 Å². The van der Waals surface area contributed by atoms with Gasteiger partial charge in [0.2, 0.25) is 0 Å². The lowest BCUT2D eigenvalue weighted by atomic mass is 10.2. The van der Waals surface area contributed by atoms with Gasteiger partial charge in [-0.15, -0.1) is 0 Å². The zero-order chi connectivity index (χ0) is 14.5. The number of benzene rings is 2. The van der Waals surface area contributed by atoms with E-state index in [-0.39, 0.29) is 12.4 Å². The maximum atomic E-state index is 13.6. The monoisotopic (exact) mass is 402 g/mol. The molecule has 0 bridgehead atoms. The molecule has 0 aliphatic rings. The standard InChI is InChI=1S/C15H13Br2FO2/c1-19-15-6-10(8-16)2-5-14(15)20-9-11-7-12(17)3-4-13(11)18/h2-7H,8-9H2,1H3. The Labute approximate surface area is 134 Å². The molecule has 2 aromatic carbocycles. The first-order valence-electron chi connectivity index (χ1n) is 5.93. The summed E-state index contributed by atoms with van der Waals surface area (Å²) in [6.07, 6.45) is 0. The molecule has 0 aliphatic heterocycles. The molecule has 0 amide bonds. The van der Waals surface area contributed by atoms with Crippen molar-refractivity contribution in [1.29, 1.82) is 0 Å². The molecule has 20 heavy (non-hydrogen) atoms. The highest BCUT2D eigenvalue weighted by atomic mass is 79.9. The van der Waals surface area contributed by atoms with Crippen LogP contribution in [0.15, 0.2) is 40.9 Å². The van der Waals surface area contributed by atoms with E-state index in [1.54, 1.807) is 19.2 Å². The maximum Gasteiger partial charge on any atom is 0.161 e. The predicted octanol–water partition coefficient (Wildman–Crippen LogP) is 5.07. The van der Waals surface area contributed by atoms with Crippen LogP contribution in [0.4, 0.5) is 4.39 Å². The Morgan fingerprint density at radius 3 is 2.60 bits per heavy atom. The Morgan fingerprint density at radius 1 is 1.10 bits per heavy atom. The molecule has 0 aliphatic carbocycles. The average Bonchev–Trinajstić information content (AvgIpc) is 2.48. The van der Waals surface area contributed by atoms with Crippen LogP contribution in [-0.2, 0) is 11.9 Å². The fraction of sp³-hybridized carbons (Fsp3) is 0.200. The molecule has 106 valence electrons. The third-order valence-electron chi connectivity index (χ3n) is 2.77. The van der Waals surface area contributed by atoms with Crippen LogP contribution in [-0.4, -0.2) is 7.11 Å². The summed E-state index contributed by atoms with van der Waals surface area (Å²) in [4.78, 5) is 0. The number of hydrogen-bond donors (Lipinski definition) is 0. The van der Waals surface area contributed by atoms with Crippen LogP contribution in [0.25, 0.3) is 0 Å². The second-order valence-electron chi connectivity index (χ2n) is 4.14. The van der Waals surface area contributed by atoms with Crippen molar-refractivity contribution in [3.63, 3.8) is 0 Å². The van der Waals surface area contributed by atoms with Gasteiger partial charge in [0.1, 0.15) is 12.4 Å². The number of rotatable bonds is 5. The van der Waals surface area contributed by atoms with Crippen LogP contribution in [0.5, 0.6) is 11.5 Å². The Balaban J connectivity index is 2.16. The number of methoxy groups -OCH3 is 1. The van der Waals surface area contributed by atoms with Gasteiger partial charge in [0.25, 0.3) is 0 Å². The molecule has 0 radical (unpaired) electrons. The van der Waals surface area contributed by atoms with Crippen molar-refractivity contribution in [1.82, 2.24) is 0 Å². The lowest BCUT2D eigenvalue weighted by Crippen LogP contribution is -2.00. The van der Waals surface area contributed by atoms with Crippen molar-refractivity contribution in [2.75, 3.05) is 7.11 Å². The van der Waals surface area contributed by atoms with Gasteiger partial charge in [0.05, 0.1) is 7.11 Å². The lowest BCUT2D eigenvalue weighted by Gasteiger charge is -2.12. The molecule has 0 spiro atoms. The lowest BCUT2D eigenvalue weighted by molar-refractivity contribution is 0.279. The molecule has 0 fully saturated rings. The smallest absolute Gasteiger partial charge is 0.161 e. The van der Waals surface area contributed by atoms with Gasteiger partial charge in [-0.2, -0.15) is 0 Å². The number of ether oxygens (including phenoxy) is 2. The minimum atomic E-state index is -0.288. The Morgan fingerprint density at radius 2 is 1.90 bits per heavy atom. The van der Waals surface area contributed by atoms with E-state index in [1.807, 2.05) is 18.2 Å². The minimum Gasteiger partial charge on any atom is -0.493 e. The minimum absolute atomic E-state index is 0.148. The van der Waals surface area contributed by atoms with Crippen LogP contribution in [0.3, 0.4) is 0 Å². The highest BCUT2D eigenvalue weighted by molar-refractivity contribution is 9.10. The van der Waals surface area contributed by atoms with Crippen LogP contribution in [0.1, 0.15) is 11.1 Å². The summed E-state index contributed by atoms with van der Waals surface area (Å²) in [5.41, 5.74) is 1.58. The highest BCUT2D eigenvalue weighted by Crippen LogP contribution is 2.30. The van der Waals surface area contributed by atoms with Crippen molar-refractivity contribution >= 4 is 31.9 Å². The molecule has 0 N–H and O–H groups in total. The van der Waals surface area contributed by atoms with Crippen molar-refractivity contribution in [3.8, 4) is 11.5 Å². The van der Waals surface area contributed by atoms with Crippen molar-refractivity contribution in [2.45, 2.75) is 11.9 Å². The van der Waals surface area contributed by atoms with E-state index in [0.29, 0.717) is 17.1 Å². The van der Waals surface area contributed by atoms with Crippen LogP contribution in [0, 0.1) is 5.82 Å². The number of alkyl halides is 1. The second kappa shape index (κ2) is 7.09. The van der Waals surface area contributed by atoms with Crippen LogP contribution >= 0.6 is 31.9 Å². The normalized spacial score (nSPS) is 10.4. The quantitative estimate of drug-likeness (QED) is 0.648. The topological polar surface area (TPSA) is 18.5 Å². The van der Waals surface area contributed by atoms with Gasteiger partial charge in [0.15, 0.2) is 11.5 Å². The van der Waals surface area contributed by atoms with E-state index >= 15 is 0 Å². The molecule has 2 nitrogen and oxygen atoms in total. The summed E-state index contributed by atoms with van der Waals surface area (Å²) >= 11 is 6.70. The third kappa shape index (κ3) is 3.73. The van der Waals surface area contributed by atoms with E-state index in [1.165, 1.54) is 6.07 Å². The first kappa shape index (κ1) is 15.3. The molecule has 0 saturated heterocycles. The fourth-order valence-corrected chi connectivity index (χ4v) is 2.48. The van der Waals surface area contributed by atoms with Gasteiger partial charge >= 0.3 is 0 Å². The first-order chi connectivity index (χ1) is 9.63. The van der Waals surface area contributed by atoms with Crippen LogP contribution < -0.4 is 9.47 Å². The van der Waals surface area contributed by atoms with Gasteiger partial charge in [0, 0.05) is 15.4 Å². The van der Waals surface area contributed by atoms with Gasteiger partial charge in [-0.3, -0.25) is 0 Å². The van der Waals surface area contributed by atoms with E-state index < -0.39 is 0 Å². The molecular formula is C15H13Br2FO2. The molecule has 0 aromatic heterocycles. The van der Waals surface area contributed by atoms with Crippen molar-refractivity contribution in [2.24, 2.45) is 0 Å². The summed E-state index contributed by atoms with van der Waals surface area (Å²) in [6, 6.07) is 10.4. The summed E-state index contributed by atoms with van der Waals surface area (Å²) in [7, 11) is 1.58. The molecule has 2 aromatic rings. The molecule has 0 saturated carbocycles. The van der Waals surface area contributed by atoms with Gasteiger partial charge in [-0.1, -0.05) is 37.9 Å². The zero-order valence-corrected chi connectivity index (χ0v) is 14.0. The predicted molar refractivity (Wildman–Crippen MR) is 84.1 cm³/mol. The van der Waals surface area contributed by atoms with E-state index in [0.717, 1.165) is 15.4 Å². The van der Waals surface area contributed by atoms with E-state index in [4.69, 9.17) is 9.47 Å². The summed E-state index contributed by atoms with van der Waals surface area (Å²) in [5.74, 6) is 0.943. The summed E-state index contributed by atoms with van der Waals surface area (Å²) in [5, 5.41) is 0.740. The average molecular weight is 404 g/mol. The molecule has 0 unspecified atom stereocenters. The highest BCUT2D eigenvalue weighted by Gasteiger charge is 2.08.